The van der Waals surface area contributed by atoms with E-state index in [9.17, 15) is 0 Å². The van der Waals surface area contributed by atoms with Crippen LogP contribution < -0.4 is 10.1 Å². The first-order valence-corrected chi connectivity index (χ1v) is 7.48. The zero-order chi connectivity index (χ0) is 14.7. The van der Waals surface area contributed by atoms with Crippen LogP contribution in [0.5, 0.6) is 5.75 Å². The lowest BCUT2D eigenvalue weighted by molar-refractivity contribution is 0.204. The fourth-order valence-corrected chi connectivity index (χ4v) is 3.16. The van der Waals surface area contributed by atoms with Gasteiger partial charge in [-0.1, -0.05) is 36.4 Å². The number of fused-ring (bicyclic) bond motifs is 1. The molecule has 1 aliphatic rings. The average Bonchev–Trinajstić information content (AvgIpc) is 2.56. The fraction of sp³-hybridized carbons (Fsp3) is 0.333. The summed E-state index contributed by atoms with van der Waals surface area (Å²) in [6.07, 6.45) is 2.06. The van der Waals surface area contributed by atoms with Crippen LogP contribution in [0.4, 0.5) is 0 Å². The van der Waals surface area contributed by atoms with Gasteiger partial charge in [-0.15, -0.1) is 6.58 Å². The van der Waals surface area contributed by atoms with Gasteiger partial charge < -0.3 is 10.1 Å². The Labute approximate surface area is 126 Å². The molecule has 3 nitrogen and oxygen atoms in total. The van der Waals surface area contributed by atoms with Gasteiger partial charge in [0.1, 0.15) is 5.75 Å². The molecule has 0 saturated carbocycles. The highest BCUT2D eigenvalue weighted by Crippen LogP contribution is 2.34. The number of benzene rings is 2. The summed E-state index contributed by atoms with van der Waals surface area (Å²) in [4.78, 5) is 2.48. The number of hydrogen-bond donors (Lipinski definition) is 1. The number of methoxy groups -OCH3 is 1. The van der Waals surface area contributed by atoms with Crippen LogP contribution in [-0.2, 0) is 0 Å². The van der Waals surface area contributed by atoms with Crippen LogP contribution in [0.3, 0.4) is 0 Å². The second-order valence-electron chi connectivity index (χ2n) is 5.37. The average molecular weight is 282 g/mol. The lowest BCUT2D eigenvalue weighted by Crippen LogP contribution is -2.44. The standard InChI is InChI=1S/C18H22N2O/c1-3-17(20-12-10-19-11-13-20)15-8-9-18(21-2)16-7-5-4-6-14(15)16/h3-9,17,19H,1,10-13H2,2H3/t17-/m1/s1. The number of piperazine rings is 1. The second-order valence-corrected chi connectivity index (χ2v) is 5.37. The van der Waals surface area contributed by atoms with Crippen molar-refractivity contribution in [2.24, 2.45) is 0 Å². The zero-order valence-corrected chi connectivity index (χ0v) is 12.5. The molecule has 3 heteroatoms. The highest BCUT2D eigenvalue weighted by atomic mass is 16.5. The predicted molar refractivity (Wildman–Crippen MR) is 87.9 cm³/mol. The van der Waals surface area contributed by atoms with Crippen molar-refractivity contribution in [3.8, 4) is 5.75 Å². The topological polar surface area (TPSA) is 24.5 Å². The third-order valence-electron chi connectivity index (χ3n) is 4.22. The fourth-order valence-electron chi connectivity index (χ4n) is 3.16. The molecule has 0 amide bonds. The van der Waals surface area contributed by atoms with Crippen LogP contribution in [0.2, 0.25) is 0 Å². The number of rotatable bonds is 4. The first kappa shape index (κ1) is 14.1. The minimum Gasteiger partial charge on any atom is -0.496 e. The Kier molecular flexibility index (Phi) is 4.23. The molecule has 110 valence electrons. The Hall–Kier alpha value is -1.84. The molecule has 21 heavy (non-hydrogen) atoms. The van der Waals surface area contributed by atoms with Gasteiger partial charge >= 0.3 is 0 Å². The minimum atomic E-state index is 0.253. The summed E-state index contributed by atoms with van der Waals surface area (Å²) in [5.41, 5.74) is 1.31. The quantitative estimate of drug-likeness (QED) is 0.873. The number of hydrogen-bond acceptors (Lipinski definition) is 3. The lowest BCUT2D eigenvalue weighted by Gasteiger charge is -2.34. The Bertz CT molecular complexity index is 632. The summed E-state index contributed by atoms with van der Waals surface area (Å²) in [5, 5.41) is 5.82. The largest absolute Gasteiger partial charge is 0.496 e. The Morgan fingerprint density at radius 1 is 1.14 bits per heavy atom. The van der Waals surface area contributed by atoms with Crippen LogP contribution in [0.1, 0.15) is 11.6 Å². The van der Waals surface area contributed by atoms with Gasteiger partial charge in [0.2, 0.25) is 0 Å². The number of nitrogens with one attached hydrogen (secondary N) is 1. The third-order valence-corrected chi connectivity index (χ3v) is 4.22. The zero-order valence-electron chi connectivity index (χ0n) is 12.5. The molecule has 1 aliphatic heterocycles. The Morgan fingerprint density at radius 2 is 1.86 bits per heavy atom. The minimum absolute atomic E-state index is 0.253. The molecule has 1 atom stereocenters. The van der Waals surface area contributed by atoms with Crippen molar-refractivity contribution in [3.05, 3.63) is 54.6 Å². The third kappa shape index (κ3) is 2.67. The van der Waals surface area contributed by atoms with Crippen LogP contribution in [0.25, 0.3) is 10.8 Å². The van der Waals surface area contributed by atoms with E-state index in [0.29, 0.717) is 0 Å². The van der Waals surface area contributed by atoms with Crippen molar-refractivity contribution in [3.63, 3.8) is 0 Å². The van der Waals surface area contributed by atoms with E-state index < -0.39 is 0 Å². The van der Waals surface area contributed by atoms with E-state index in [0.717, 1.165) is 31.9 Å². The van der Waals surface area contributed by atoms with Gasteiger partial charge in [-0.05, 0) is 17.0 Å². The van der Waals surface area contributed by atoms with Crippen molar-refractivity contribution in [2.75, 3.05) is 33.3 Å². The molecule has 2 aromatic carbocycles. The second kappa shape index (κ2) is 6.29. The Morgan fingerprint density at radius 3 is 2.52 bits per heavy atom. The maximum Gasteiger partial charge on any atom is 0.126 e. The van der Waals surface area contributed by atoms with Crippen LogP contribution in [0, 0.1) is 0 Å². The summed E-state index contributed by atoms with van der Waals surface area (Å²) < 4.78 is 5.49. The SMILES string of the molecule is C=C[C@H](c1ccc(OC)c2ccccc12)N1CCNCC1. The molecule has 1 saturated heterocycles. The number of nitrogens with zero attached hydrogens (tertiary/aromatic N) is 1. The first-order valence-electron chi connectivity index (χ1n) is 7.48. The van der Waals surface area contributed by atoms with Gasteiger partial charge in [-0.2, -0.15) is 0 Å². The summed E-state index contributed by atoms with van der Waals surface area (Å²) in [5.74, 6) is 0.928. The van der Waals surface area contributed by atoms with Gasteiger partial charge in [0, 0.05) is 31.6 Å². The maximum absolute atomic E-state index is 5.49. The van der Waals surface area contributed by atoms with Gasteiger partial charge in [-0.3, -0.25) is 4.90 Å². The van der Waals surface area contributed by atoms with Crippen molar-refractivity contribution < 1.29 is 4.74 Å². The molecule has 1 N–H and O–H groups in total. The van der Waals surface area contributed by atoms with Gasteiger partial charge in [-0.25, -0.2) is 0 Å². The van der Waals surface area contributed by atoms with E-state index in [4.69, 9.17) is 4.74 Å². The van der Waals surface area contributed by atoms with E-state index in [1.807, 2.05) is 0 Å². The van der Waals surface area contributed by atoms with Crippen LogP contribution in [0.15, 0.2) is 49.1 Å². The van der Waals surface area contributed by atoms with Crippen molar-refractivity contribution in [2.45, 2.75) is 6.04 Å². The maximum atomic E-state index is 5.49. The first-order chi connectivity index (χ1) is 10.3. The van der Waals surface area contributed by atoms with E-state index >= 15 is 0 Å². The molecular weight excluding hydrogens is 260 g/mol. The van der Waals surface area contributed by atoms with E-state index in [2.05, 4.69) is 59.3 Å². The van der Waals surface area contributed by atoms with Crippen molar-refractivity contribution >= 4 is 10.8 Å². The smallest absolute Gasteiger partial charge is 0.126 e. The van der Waals surface area contributed by atoms with E-state index in [1.54, 1.807) is 7.11 Å². The van der Waals surface area contributed by atoms with Crippen LogP contribution in [-0.4, -0.2) is 38.2 Å². The highest BCUT2D eigenvalue weighted by molar-refractivity contribution is 5.91. The lowest BCUT2D eigenvalue weighted by atomic mass is 9.96. The van der Waals surface area contributed by atoms with Gasteiger partial charge in [0.05, 0.1) is 13.2 Å². The summed E-state index contributed by atoms with van der Waals surface area (Å²) in [7, 11) is 1.72. The monoisotopic (exact) mass is 282 g/mol. The number of ether oxygens (including phenoxy) is 1. The highest BCUT2D eigenvalue weighted by Gasteiger charge is 2.21. The van der Waals surface area contributed by atoms with Gasteiger partial charge in [0.15, 0.2) is 0 Å². The molecule has 0 aromatic heterocycles. The molecule has 0 aliphatic carbocycles. The molecule has 0 bridgehead atoms. The predicted octanol–water partition coefficient (Wildman–Crippen LogP) is 2.98. The van der Waals surface area contributed by atoms with E-state index in [-0.39, 0.29) is 6.04 Å². The summed E-state index contributed by atoms with van der Waals surface area (Å²) >= 11 is 0. The summed E-state index contributed by atoms with van der Waals surface area (Å²) in [6, 6.07) is 12.9. The van der Waals surface area contributed by atoms with Crippen molar-refractivity contribution in [1.29, 1.82) is 0 Å². The molecule has 1 heterocycles. The van der Waals surface area contributed by atoms with E-state index in [1.165, 1.54) is 16.3 Å². The Balaban J connectivity index is 2.08. The van der Waals surface area contributed by atoms with Crippen LogP contribution >= 0.6 is 0 Å². The van der Waals surface area contributed by atoms with Gasteiger partial charge in [0.25, 0.3) is 0 Å². The van der Waals surface area contributed by atoms with Crippen molar-refractivity contribution in [1.82, 2.24) is 10.2 Å². The molecular formula is C18H22N2O. The molecule has 3 rings (SSSR count). The molecule has 0 unspecified atom stereocenters. The molecule has 0 radical (unpaired) electrons. The molecule has 2 aromatic rings. The normalized spacial score (nSPS) is 17.6. The summed E-state index contributed by atoms with van der Waals surface area (Å²) in [6.45, 7) is 8.25. The molecule has 1 fully saturated rings. The molecule has 0 spiro atoms.